The van der Waals surface area contributed by atoms with Crippen molar-refractivity contribution in [1.29, 1.82) is 0 Å². The van der Waals surface area contributed by atoms with Crippen LogP contribution in [0.1, 0.15) is 303 Å². The van der Waals surface area contributed by atoms with Crippen LogP contribution >= 0.6 is 0 Å². The number of hydrogen-bond donors (Lipinski definition) is 0. The van der Waals surface area contributed by atoms with Crippen molar-refractivity contribution in [2.75, 3.05) is 13.2 Å². The topological polar surface area (TPSA) is 78.9 Å². The predicted octanol–water partition coefficient (Wildman–Crippen LogP) is 19.4. The van der Waals surface area contributed by atoms with Gasteiger partial charge in [-0.3, -0.25) is 14.4 Å². The molecule has 6 nitrogen and oxygen atoms in total. The lowest BCUT2D eigenvalue weighted by Gasteiger charge is -2.18. The highest BCUT2D eigenvalue weighted by Gasteiger charge is 2.19. The Bertz CT molecular complexity index is 1170. The van der Waals surface area contributed by atoms with Crippen LogP contribution in [0.3, 0.4) is 0 Å². The maximum absolute atomic E-state index is 12.9. The highest BCUT2D eigenvalue weighted by molar-refractivity contribution is 5.71. The number of ether oxygens (including phenoxy) is 3. The van der Waals surface area contributed by atoms with Crippen molar-refractivity contribution in [3.8, 4) is 0 Å². The van der Waals surface area contributed by atoms with E-state index in [4.69, 9.17) is 14.2 Å². The summed E-state index contributed by atoms with van der Waals surface area (Å²) >= 11 is 0. The van der Waals surface area contributed by atoms with Crippen molar-refractivity contribution in [2.45, 2.75) is 309 Å². The van der Waals surface area contributed by atoms with Gasteiger partial charge in [0, 0.05) is 19.3 Å². The maximum atomic E-state index is 12.9. The minimum absolute atomic E-state index is 0.0818. The first-order valence-electron chi connectivity index (χ1n) is 29.1. The normalized spacial score (nSPS) is 12.3. The lowest BCUT2D eigenvalue weighted by molar-refractivity contribution is -0.167. The summed E-state index contributed by atoms with van der Waals surface area (Å²) in [6.07, 6.45) is 68.1. The Labute approximate surface area is 416 Å². The molecule has 0 N–H and O–H groups in total. The molecule has 1 atom stereocenters. The van der Waals surface area contributed by atoms with Gasteiger partial charge in [-0.2, -0.15) is 0 Å². The Morgan fingerprint density at radius 3 is 0.851 bits per heavy atom. The molecule has 0 fully saturated rings. The van der Waals surface area contributed by atoms with Crippen molar-refractivity contribution in [3.63, 3.8) is 0 Å². The monoisotopic (exact) mass is 939 g/mol. The second kappa shape index (κ2) is 56.0. The van der Waals surface area contributed by atoms with Crippen LogP contribution in [0.25, 0.3) is 0 Å². The molecule has 0 aromatic carbocycles. The van der Waals surface area contributed by atoms with E-state index in [9.17, 15) is 14.4 Å². The average molecular weight is 940 g/mol. The van der Waals surface area contributed by atoms with E-state index in [1.54, 1.807) is 0 Å². The lowest BCUT2D eigenvalue weighted by atomic mass is 10.1. The molecule has 1 unspecified atom stereocenters. The summed E-state index contributed by atoms with van der Waals surface area (Å²) < 4.78 is 16.9. The summed E-state index contributed by atoms with van der Waals surface area (Å²) in [5.74, 6) is -0.892. The molecule has 0 saturated carbocycles. The van der Waals surface area contributed by atoms with E-state index in [0.29, 0.717) is 19.3 Å². The fraction of sp³-hybridized carbons (Fsp3) is 0.820. The first kappa shape index (κ1) is 64.4. The standard InChI is InChI=1S/C61H110O6/c1-4-7-10-13-16-19-22-25-28-30-31-34-36-39-42-45-48-51-54-60(63)66-57-58(56-65-59(62)53-50-47-44-41-38-35-32-27-24-21-18-15-12-9-6-3)67-61(64)55-52-49-46-43-40-37-33-29-26-23-20-17-14-11-8-5-2/h19,22,27-30,32-33,58H,4-18,20-21,23-26,31,34-57H2,1-3H3/b22-19-,30-28-,32-27-,33-29-. The molecule has 0 spiro atoms. The van der Waals surface area contributed by atoms with Gasteiger partial charge in [0.25, 0.3) is 0 Å². The molecular weight excluding hydrogens is 829 g/mol. The predicted molar refractivity (Wildman–Crippen MR) is 289 cm³/mol. The molecule has 0 aliphatic rings. The third-order valence-corrected chi connectivity index (χ3v) is 12.8. The smallest absolute Gasteiger partial charge is 0.306 e. The summed E-state index contributed by atoms with van der Waals surface area (Å²) in [6.45, 7) is 6.62. The van der Waals surface area contributed by atoms with E-state index < -0.39 is 6.10 Å². The van der Waals surface area contributed by atoms with Crippen LogP contribution in [0.15, 0.2) is 48.6 Å². The Morgan fingerprint density at radius 2 is 0.537 bits per heavy atom. The highest BCUT2D eigenvalue weighted by Crippen LogP contribution is 2.15. The van der Waals surface area contributed by atoms with Crippen molar-refractivity contribution in [3.05, 3.63) is 48.6 Å². The quantitative estimate of drug-likeness (QED) is 0.0262. The van der Waals surface area contributed by atoms with E-state index in [-0.39, 0.29) is 31.1 Å². The Kier molecular flexibility index (Phi) is 53.8. The van der Waals surface area contributed by atoms with Crippen molar-refractivity contribution in [2.24, 2.45) is 0 Å². The molecule has 6 heteroatoms. The van der Waals surface area contributed by atoms with Gasteiger partial charge in [0.2, 0.25) is 0 Å². The molecule has 67 heavy (non-hydrogen) atoms. The first-order chi connectivity index (χ1) is 33.0. The van der Waals surface area contributed by atoms with E-state index >= 15 is 0 Å². The van der Waals surface area contributed by atoms with Crippen LogP contribution in [0.4, 0.5) is 0 Å². The number of carbonyl (C=O) groups is 3. The molecule has 0 heterocycles. The van der Waals surface area contributed by atoms with Gasteiger partial charge in [0.15, 0.2) is 6.10 Å². The van der Waals surface area contributed by atoms with Crippen LogP contribution in [0, 0.1) is 0 Å². The fourth-order valence-corrected chi connectivity index (χ4v) is 8.35. The van der Waals surface area contributed by atoms with Crippen LogP contribution in [0.2, 0.25) is 0 Å². The largest absolute Gasteiger partial charge is 0.462 e. The second-order valence-electron chi connectivity index (χ2n) is 19.5. The van der Waals surface area contributed by atoms with Crippen molar-refractivity contribution in [1.82, 2.24) is 0 Å². The van der Waals surface area contributed by atoms with E-state index in [2.05, 4.69) is 69.4 Å². The van der Waals surface area contributed by atoms with Crippen molar-refractivity contribution < 1.29 is 28.6 Å². The number of allylic oxidation sites excluding steroid dienone is 8. The van der Waals surface area contributed by atoms with Gasteiger partial charge in [-0.15, -0.1) is 0 Å². The molecular formula is C61H110O6. The minimum Gasteiger partial charge on any atom is -0.462 e. The van der Waals surface area contributed by atoms with Gasteiger partial charge in [-0.25, -0.2) is 0 Å². The van der Waals surface area contributed by atoms with Crippen LogP contribution < -0.4 is 0 Å². The first-order valence-corrected chi connectivity index (χ1v) is 29.1. The number of unbranched alkanes of at least 4 members (excludes halogenated alkanes) is 34. The summed E-state index contributed by atoms with van der Waals surface area (Å²) in [4.78, 5) is 38.2. The number of esters is 3. The van der Waals surface area contributed by atoms with Gasteiger partial charge in [0.05, 0.1) is 0 Å². The van der Waals surface area contributed by atoms with Gasteiger partial charge >= 0.3 is 17.9 Å². The zero-order chi connectivity index (χ0) is 48.6. The minimum atomic E-state index is -0.783. The third-order valence-electron chi connectivity index (χ3n) is 12.8. The van der Waals surface area contributed by atoms with E-state index in [1.807, 2.05) is 0 Å². The van der Waals surface area contributed by atoms with Crippen LogP contribution in [0.5, 0.6) is 0 Å². The SMILES string of the molecule is CCCCCC/C=C\C/C=C\CCCCCCCCCC(=O)OCC(COC(=O)CCCCCCC/C=C\CCCCCCCC)OC(=O)CCCCCCC/C=C\CCCCCCCCC. The number of hydrogen-bond acceptors (Lipinski definition) is 6. The summed E-state index contributed by atoms with van der Waals surface area (Å²) in [5.41, 5.74) is 0. The molecule has 0 bridgehead atoms. The van der Waals surface area contributed by atoms with Gasteiger partial charge < -0.3 is 14.2 Å². The van der Waals surface area contributed by atoms with E-state index in [0.717, 1.165) is 89.9 Å². The number of rotatable bonds is 53. The molecule has 0 aromatic rings. The maximum Gasteiger partial charge on any atom is 0.306 e. The molecule has 0 aliphatic carbocycles. The molecule has 0 aliphatic heterocycles. The van der Waals surface area contributed by atoms with E-state index in [1.165, 1.54) is 173 Å². The van der Waals surface area contributed by atoms with Gasteiger partial charge in [0.1, 0.15) is 13.2 Å². The summed E-state index contributed by atoms with van der Waals surface area (Å²) in [5, 5.41) is 0. The zero-order valence-electron chi connectivity index (χ0n) is 44.7. The second-order valence-corrected chi connectivity index (χ2v) is 19.5. The van der Waals surface area contributed by atoms with Crippen molar-refractivity contribution >= 4 is 17.9 Å². The lowest BCUT2D eigenvalue weighted by Crippen LogP contribution is -2.30. The molecule has 0 amide bonds. The fourth-order valence-electron chi connectivity index (χ4n) is 8.35. The third kappa shape index (κ3) is 54.2. The molecule has 0 rings (SSSR count). The molecule has 0 radical (unpaired) electrons. The molecule has 0 saturated heterocycles. The molecule has 390 valence electrons. The zero-order valence-corrected chi connectivity index (χ0v) is 44.7. The summed E-state index contributed by atoms with van der Waals surface area (Å²) in [7, 11) is 0. The average Bonchev–Trinajstić information content (AvgIpc) is 3.33. The highest BCUT2D eigenvalue weighted by atomic mass is 16.6. The Morgan fingerprint density at radius 1 is 0.299 bits per heavy atom. The Balaban J connectivity index is 4.39. The van der Waals surface area contributed by atoms with Crippen LogP contribution in [-0.2, 0) is 28.6 Å². The van der Waals surface area contributed by atoms with Gasteiger partial charge in [-0.1, -0.05) is 230 Å². The van der Waals surface area contributed by atoms with Gasteiger partial charge in [-0.05, 0) is 103 Å². The van der Waals surface area contributed by atoms with Crippen LogP contribution in [-0.4, -0.2) is 37.2 Å². The summed E-state index contributed by atoms with van der Waals surface area (Å²) in [6, 6.07) is 0. The Hall–Kier alpha value is -2.63. The number of carbonyl (C=O) groups excluding carboxylic acids is 3. The molecule has 0 aromatic heterocycles.